The fraction of sp³-hybridized carbons (Fsp3) is 0.750. The quantitative estimate of drug-likeness (QED) is 0.653. The first kappa shape index (κ1) is 10.7. The van der Waals surface area contributed by atoms with Gasteiger partial charge in [-0.15, -0.1) is 0 Å². The number of rotatable bonds is 2. The van der Waals surface area contributed by atoms with Crippen LogP contribution in [0.25, 0.3) is 0 Å². The van der Waals surface area contributed by atoms with Crippen molar-refractivity contribution in [2.45, 2.75) is 38.9 Å². The van der Waals surface area contributed by atoms with E-state index >= 15 is 0 Å². The van der Waals surface area contributed by atoms with Crippen molar-refractivity contribution in [1.82, 2.24) is 0 Å². The monoisotopic (exact) mass is 207 g/mol. The van der Waals surface area contributed by atoms with Crippen LogP contribution in [-0.4, -0.2) is 19.0 Å². The third-order valence-corrected chi connectivity index (χ3v) is 3.39. The van der Waals surface area contributed by atoms with E-state index in [1.807, 2.05) is 6.92 Å². The zero-order valence-corrected chi connectivity index (χ0v) is 9.38. The van der Waals surface area contributed by atoms with Crippen molar-refractivity contribution in [2.24, 2.45) is 5.41 Å². The average Bonchev–Trinajstić information content (AvgIpc) is 2.75. The smallest absolute Gasteiger partial charge is 0.188 e. The van der Waals surface area contributed by atoms with Gasteiger partial charge in [-0.3, -0.25) is 0 Å². The average molecular weight is 207 g/mol. The van der Waals surface area contributed by atoms with Gasteiger partial charge >= 0.3 is 0 Å². The molecule has 2 rings (SSSR count). The first-order chi connectivity index (χ1) is 7.08. The standard InChI is InChI=1S/C12H17NO2/c1-11(5-6-13)4-3-10(9-11)12(2)14-7-8-15-12/h9H,3-5,7-8H2,1-2H3/t11-/m0/s1. The van der Waals surface area contributed by atoms with Gasteiger partial charge in [-0.05, 0) is 30.8 Å². The highest BCUT2D eigenvalue weighted by Gasteiger charge is 2.40. The largest absolute Gasteiger partial charge is 0.344 e. The summed E-state index contributed by atoms with van der Waals surface area (Å²) in [5, 5.41) is 8.77. The molecule has 3 heteroatoms. The molecule has 0 amide bonds. The Bertz CT molecular complexity index is 323. The molecule has 1 aliphatic carbocycles. The summed E-state index contributed by atoms with van der Waals surface area (Å²) in [7, 11) is 0. The van der Waals surface area contributed by atoms with Gasteiger partial charge in [0.05, 0.1) is 19.3 Å². The van der Waals surface area contributed by atoms with E-state index in [1.54, 1.807) is 0 Å². The van der Waals surface area contributed by atoms with Crippen molar-refractivity contribution in [3.05, 3.63) is 11.6 Å². The Morgan fingerprint density at radius 2 is 2.07 bits per heavy atom. The molecule has 1 saturated heterocycles. The molecule has 1 aliphatic heterocycles. The van der Waals surface area contributed by atoms with E-state index in [1.165, 1.54) is 5.57 Å². The third-order valence-electron chi connectivity index (χ3n) is 3.39. The van der Waals surface area contributed by atoms with E-state index in [2.05, 4.69) is 19.1 Å². The topological polar surface area (TPSA) is 42.2 Å². The molecule has 0 saturated carbocycles. The van der Waals surface area contributed by atoms with Gasteiger partial charge in [0.25, 0.3) is 0 Å². The van der Waals surface area contributed by atoms with Crippen molar-refractivity contribution in [3.63, 3.8) is 0 Å². The summed E-state index contributed by atoms with van der Waals surface area (Å²) in [6.45, 7) is 5.44. The second-order valence-electron chi connectivity index (χ2n) is 4.80. The van der Waals surface area contributed by atoms with Crippen LogP contribution in [0, 0.1) is 16.7 Å². The molecule has 0 bridgehead atoms. The van der Waals surface area contributed by atoms with Crippen molar-refractivity contribution < 1.29 is 9.47 Å². The molecule has 3 nitrogen and oxygen atoms in total. The highest BCUT2D eigenvalue weighted by atomic mass is 16.7. The number of nitrogens with zero attached hydrogens (tertiary/aromatic N) is 1. The number of hydrogen-bond donors (Lipinski definition) is 0. The zero-order chi connectivity index (χ0) is 10.9. The summed E-state index contributed by atoms with van der Waals surface area (Å²) in [4.78, 5) is 0. The minimum Gasteiger partial charge on any atom is -0.344 e. The molecule has 0 unspecified atom stereocenters. The van der Waals surface area contributed by atoms with E-state index in [0.717, 1.165) is 12.8 Å². The van der Waals surface area contributed by atoms with Crippen LogP contribution in [0.4, 0.5) is 0 Å². The van der Waals surface area contributed by atoms with E-state index in [-0.39, 0.29) is 5.41 Å². The SMILES string of the molecule is CC1(C2=C[C@](C)(CC#N)CC2)OCCO1. The summed E-state index contributed by atoms with van der Waals surface area (Å²) < 4.78 is 11.2. The number of allylic oxidation sites excluding steroid dienone is 1. The summed E-state index contributed by atoms with van der Waals surface area (Å²) >= 11 is 0. The van der Waals surface area contributed by atoms with Gasteiger partial charge in [-0.1, -0.05) is 13.0 Å². The van der Waals surface area contributed by atoms with Crippen molar-refractivity contribution >= 4 is 0 Å². The number of ether oxygens (including phenoxy) is 2. The lowest BCUT2D eigenvalue weighted by Crippen LogP contribution is -2.27. The molecule has 82 valence electrons. The highest BCUT2D eigenvalue weighted by Crippen LogP contribution is 2.44. The Kier molecular flexibility index (Phi) is 2.57. The summed E-state index contributed by atoms with van der Waals surface area (Å²) in [6, 6.07) is 2.25. The maximum Gasteiger partial charge on any atom is 0.188 e. The Morgan fingerprint density at radius 3 is 2.67 bits per heavy atom. The molecule has 0 spiro atoms. The molecule has 0 aromatic heterocycles. The molecular weight excluding hydrogens is 190 g/mol. The van der Waals surface area contributed by atoms with Gasteiger partial charge in [0.15, 0.2) is 5.79 Å². The van der Waals surface area contributed by atoms with Gasteiger partial charge in [-0.25, -0.2) is 0 Å². The predicted molar refractivity (Wildman–Crippen MR) is 56.0 cm³/mol. The predicted octanol–water partition coefficient (Wildman–Crippen LogP) is 2.39. The van der Waals surface area contributed by atoms with Crippen molar-refractivity contribution in [3.8, 4) is 6.07 Å². The molecule has 0 radical (unpaired) electrons. The fourth-order valence-electron chi connectivity index (χ4n) is 2.36. The van der Waals surface area contributed by atoms with Crippen LogP contribution in [0.1, 0.15) is 33.1 Å². The van der Waals surface area contributed by atoms with Crippen LogP contribution in [0.3, 0.4) is 0 Å². The molecule has 1 heterocycles. The Balaban J connectivity index is 2.15. The van der Waals surface area contributed by atoms with E-state index in [9.17, 15) is 0 Å². The van der Waals surface area contributed by atoms with Crippen LogP contribution in [0.15, 0.2) is 11.6 Å². The minimum atomic E-state index is -0.521. The van der Waals surface area contributed by atoms with Crippen LogP contribution < -0.4 is 0 Å². The summed E-state index contributed by atoms with van der Waals surface area (Å²) in [5.41, 5.74) is 1.22. The molecule has 0 aromatic carbocycles. The van der Waals surface area contributed by atoms with Crippen LogP contribution >= 0.6 is 0 Å². The fourth-order valence-corrected chi connectivity index (χ4v) is 2.36. The van der Waals surface area contributed by atoms with Gasteiger partial charge < -0.3 is 9.47 Å². The van der Waals surface area contributed by atoms with Crippen LogP contribution in [-0.2, 0) is 9.47 Å². The molecule has 15 heavy (non-hydrogen) atoms. The molecule has 1 fully saturated rings. The third kappa shape index (κ3) is 1.92. The number of hydrogen-bond acceptors (Lipinski definition) is 3. The minimum absolute atomic E-state index is 0.0163. The summed E-state index contributed by atoms with van der Waals surface area (Å²) in [6.07, 6.45) is 4.76. The van der Waals surface area contributed by atoms with Crippen molar-refractivity contribution in [1.29, 1.82) is 5.26 Å². The van der Waals surface area contributed by atoms with Gasteiger partial charge in [0.2, 0.25) is 0 Å². The second-order valence-corrected chi connectivity index (χ2v) is 4.80. The molecular formula is C12H17NO2. The lowest BCUT2D eigenvalue weighted by molar-refractivity contribution is -0.111. The molecule has 0 aromatic rings. The van der Waals surface area contributed by atoms with Crippen LogP contribution in [0.5, 0.6) is 0 Å². The lowest BCUT2D eigenvalue weighted by atomic mass is 9.87. The number of nitriles is 1. The maximum atomic E-state index is 8.77. The molecule has 2 aliphatic rings. The zero-order valence-electron chi connectivity index (χ0n) is 9.38. The summed E-state index contributed by atoms with van der Waals surface area (Å²) in [5.74, 6) is -0.521. The maximum absolute atomic E-state index is 8.77. The first-order valence-electron chi connectivity index (χ1n) is 5.45. The Hall–Kier alpha value is -0.850. The van der Waals surface area contributed by atoms with Gasteiger partial charge in [-0.2, -0.15) is 5.26 Å². The van der Waals surface area contributed by atoms with E-state index in [4.69, 9.17) is 14.7 Å². The Labute approximate surface area is 90.7 Å². The Morgan fingerprint density at radius 1 is 1.40 bits per heavy atom. The van der Waals surface area contributed by atoms with E-state index < -0.39 is 5.79 Å². The highest BCUT2D eigenvalue weighted by molar-refractivity contribution is 5.24. The lowest BCUT2D eigenvalue weighted by Gasteiger charge is -2.23. The van der Waals surface area contributed by atoms with Gasteiger partial charge in [0.1, 0.15) is 0 Å². The van der Waals surface area contributed by atoms with Crippen LogP contribution in [0.2, 0.25) is 0 Å². The normalized spacial score (nSPS) is 33.8. The first-order valence-corrected chi connectivity index (χ1v) is 5.45. The second kappa shape index (κ2) is 3.62. The molecule has 0 N–H and O–H groups in total. The molecule has 1 atom stereocenters. The van der Waals surface area contributed by atoms with Gasteiger partial charge in [0, 0.05) is 6.42 Å². The van der Waals surface area contributed by atoms with Crippen molar-refractivity contribution in [2.75, 3.05) is 13.2 Å². The van der Waals surface area contributed by atoms with E-state index in [0.29, 0.717) is 19.6 Å².